The van der Waals surface area contributed by atoms with Crippen LogP contribution >= 0.6 is 0 Å². The van der Waals surface area contributed by atoms with E-state index in [0.717, 1.165) is 12.8 Å². The number of likely N-dealkylation sites (tertiary alicyclic amines) is 1. The van der Waals surface area contributed by atoms with Crippen LogP contribution in [-0.2, 0) is 4.79 Å². The molecule has 2 atom stereocenters. The maximum absolute atomic E-state index is 12.4. The molecule has 0 aliphatic carbocycles. The van der Waals surface area contributed by atoms with E-state index in [2.05, 4.69) is 0 Å². The Balaban J connectivity index is 2.15. The Morgan fingerprint density at radius 2 is 2.00 bits per heavy atom. The number of nitrogens with zero attached hydrogens (tertiary/aromatic N) is 1. The lowest BCUT2D eigenvalue weighted by molar-refractivity contribution is -0.146. The van der Waals surface area contributed by atoms with Gasteiger partial charge in [-0.1, -0.05) is 30.3 Å². The summed E-state index contributed by atoms with van der Waals surface area (Å²) in [6, 6.07) is 8.68. The molecular weight excluding hydrogens is 242 g/mol. The standard InChI is InChI=1S/C15H21NO3/c1-15(2,19)12-9-6-10-16(12)14(18)13(17)11-7-4-3-5-8-11/h3-5,7-8,12-13,17,19H,6,9-10H2,1-2H3/t12-,13-/m0/s1. The molecular formula is C15H21NO3. The van der Waals surface area contributed by atoms with Crippen molar-refractivity contribution in [3.05, 3.63) is 35.9 Å². The van der Waals surface area contributed by atoms with Gasteiger partial charge < -0.3 is 15.1 Å². The van der Waals surface area contributed by atoms with Crippen LogP contribution in [0.2, 0.25) is 0 Å². The minimum Gasteiger partial charge on any atom is -0.388 e. The molecule has 1 aliphatic rings. The van der Waals surface area contributed by atoms with E-state index in [1.54, 1.807) is 43.0 Å². The summed E-state index contributed by atoms with van der Waals surface area (Å²) in [5, 5.41) is 20.3. The molecule has 2 rings (SSSR count). The van der Waals surface area contributed by atoms with Crippen LogP contribution in [-0.4, -0.2) is 39.2 Å². The van der Waals surface area contributed by atoms with Crippen molar-refractivity contribution in [2.75, 3.05) is 6.54 Å². The summed E-state index contributed by atoms with van der Waals surface area (Å²) >= 11 is 0. The molecule has 19 heavy (non-hydrogen) atoms. The van der Waals surface area contributed by atoms with Gasteiger partial charge >= 0.3 is 0 Å². The Labute approximate surface area is 113 Å². The zero-order chi connectivity index (χ0) is 14.0. The van der Waals surface area contributed by atoms with Crippen LogP contribution in [0.3, 0.4) is 0 Å². The summed E-state index contributed by atoms with van der Waals surface area (Å²) < 4.78 is 0. The second-order valence-corrected chi connectivity index (χ2v) is 5.66. The normalized spacial score (nSPS) is 21.5. The monoisotopic (exact) mass is 263 g/mol. The number of hydrogen-bond acceptors (Lipinski definition) is 3. The lowest BCUT2D eigenvalue weighted by Gasteiger charge is -2.34. The Hall–Kier alpha value is -1.39. The van der Waals surface area contributed by atoms with Crippen LogP contribution in [0.1, 0.15) is 38.4 Å². The van der Waals surface area contributed by atoms with E-state index < -0.39 is 11.7 Å². The fourth-order valence-electron chi connectivity index (χ4n) is 2.70. The van der Waals surface area contributed by atoms with Crippen molar-refractivity contribution in [3.8, 4) is 0 Å². The van der Waals surface area contributed by atoms with Gasteiger partial charge in [0.25, 0.3) is 5.91 Å². The highest BCUT2D eigenvalue weighted by molar-refractivity contribution is 5.82. The summed E-state index contributed by atoms with van der Waals surface area (Å²) in [7, 11) is 0. The van der Waals surface area contributed by atoms with Crippen LogP contribution in [0.15, 0.2) is 30.3 Å². The number of hydrogen-bond donors (Lipinski definition) is 2. The molecule has 1 heterocycles. The van der Waals surface area contributed by atoms with Crippen LogP contribution in [0, 0.1) is 0 Å². The van der Waals surface area contributed by atoms with Crippen LogP contribution < -0.4 is 0 Å². The van der Waals surface area contributed by atoms with E-state index >= 15 is 0 Å². The van der Waals surface area contributed by atoms with Crippen molar-refractivity contribution in [2.24, 2.45) is 0 Å². The molecule has 1 amide bonds. The highest BCUT2D eigenvalue weighted by Crippen LogP contribution is 2.29. The number of rotatable bonds is 3. The first-order valence-electron chi connectivity index (χ1n) is 6.67. The molecule has 4 nitrogen and oxygen atoms in total. The first-order valence-corrected chi connectivity index (χ1v) is 6.67. The van der Waals surface area contributed by atoms with E-state index in [9.17, 15) is 15.0 Å². The van der Waals surface area contributed by atoms with Crippen molar-refractivity contribution in [1.82, 2.24) is 4.90 Å². The number of aliphatic hydroxyl groups excluding tert-OH is 1. The van der Waals surface area contributed by atoms with Crippen molar-refractivity contribution < 1.29 is 15.0 Å². The van der Waals surface area contributed by atoms with Gasteiger partial charge in [-0.05, 0) is 32.3 Å². The smallest absolute Gasteiger partial charge is 0.256 e. The van der Waals surface area contributed by atoms with Crippen molar-refractivity contribution in [1.29, 1.82) is 0 Å². The van der Waals surface area contributed by atoms with Crippen LogP contribution in [0.5, 0.6) is 0 Å². The van der Waals surface area contributed by atoms with Gasteiger partial charge in [0.15, 0.2) is 6.10 Å². The number of carbonyl (C=O) groups is 1. The molecule has 4 heteroatoms. The largest absolute Gasteiger partial charge is 0.388 e. The van der Waals surface area contributed by atoms with E-state index in [0.29, 0.717) is 12.1 Å². The zero-order valence-electron chi connectivity index (χ0n) is 11.4. The average molecular weight is 263 g/mol. The highest BCUT2D eigenvalue weighted by Gasteiger charge is 2.40. The molecule has 0 spiro atoms. The highest BCUT2D eigenvalue weighted by atomic mass is 16.3. The second-order valence-electron chi connectivity index (χ2n) is 5.66. The number of benzene rings is 1. The van der Waals surface area contributed by atoms with Gasteiger partial charge in [-0.3, -0.25) is 4.79 Å². The Kier molecular flexibility index (Phi) is 3.92. The molecule has 0 bridgehead atoms. The molecule has 1 aromatic carbocycles. The predicted octanol–water partition coefficient (Wildman–Crippen LogP) is 1.48. The summed E-state index contributed by atoms with van der Waals surface area (Å²) in [6.45, 7) is 4.01. The third-order valence-electron chi connectivity index (χ3n) is 3.70. The molecule has 0 aromatic heterocycles. The first-order chi connectivity index (χ1) is 8.91. The molecule has 0 saturated carbocycles. The topological polar surface area (TPSA) is 60.8 Å². The Morgan fingerprint density at radius 1 is 1.37 bits per heavy atom. The predicted molar refractivity (Wildman–Crippen MR) is 72.4 cm³/mol. The molecule has 1 aromatic rings. The van der Waals surface area contributed by atoms with Gasteiger partial charge in [0.1, 0.15) is 0 Å². The molecule has 1 fully saturated rings. The molecule has 104 valence electrons. The molecule has 1 saturated heterocycles. The minimum atomic E-state index is -1.15. The molecule has 0 unspecified atom stereocenters. The third kappa shape index (κ3) is 2.96. The van der Waals surface area contributed by atoms with Crippen LogP contribution in [0.25, 0.3) is 0 Å². The number of amides is 1. The van der Waals surface area contributed by atoms with Crippen molar-refractivity contribution in [2.45, 2.75) is 44.4 Å². The molecule has 2 N–H and O–H groups in total. The maximum Gasteiger partial charge on any atom is 0.256 e. The average Bonchev–Trinajstić information content (AvgIpc) is 2.87. The lowest BCUT2D eigenvalue weighted by Crippen LogP contribution is -2.49. The van der Waals surface area contributed by atoms with Gasteiger partial charge in [-0.25, -0.2) is 0 Å². The van der Waals surface area contributed by atoms with Gasteiger partial charge in [-0.15, -0.1) is 0 Å². The molecule has 0 radical (unpaired) electrons. The third-order valence-corrected chi connectivity index (χ3v) is 3.70. The minimum absolute atomic E-state index is 0.224. The van der Waals surface area contributed by atoms with E-state index in [1.807, 2.05) is 6.07 Å². The second kappa shape index (κ2) is 5.31. The van der Waals surface area contributed by atoms with Crippen molar-refractivity contribution >= 4 is 5.91 Å². The van der Waals surface area contributed by atoms with Gasteiger partial charge in [0.05, 0.1) is 11.6 Å². The van der Waals surface area contributed by atoms with Gasteiger partial charge in [0, 0.05) is 6.54 Å². The lowest BCUT2D eigenvalue weighted by atomic mass is 9.96. The number of aliphatic hydroxyl groups is 2. The quantitative estimate of drug-likeness (QED) is 0.868. The summed E-state index contributed by atoms with van der Waals surface area (Å²) in [5.74, 6) is -0.323. The summed E-state index contributed by atoms with van der Waals surface area (Å²) in [5.41, 5.74) is -0.350. The van der Waals surface area contributed by atoms with E-state index in [-0.39, 0.29) is 11.9 Å². The fourth-order valence-corrected chi connectivity index (χ4v) is 2.70. The molecule has 1 aliphatic heterocycles. The van der Waals surface area contributed by atoms with Crippen molar-refractivity contribution in [3.63, 3.8) is 0 Å². The summed E-state index contributed by atoms with van der Waals surface area (Å²) in [4.78, 5) is 14.0. The van der Waals surface area contributed by atoms with Gasteiger partial charge in [-0.2, -0.15) is 0 Å². The SMILES string of the molecule is CC(C)(O)[C@@H]1CCCN1C(=O)[C@@H](O)c1ccccc1. The van der Waals surface area contributed by atoms with E-state index in [1.165, 1.54) is 0 Å². The maximum atomic E-state index is 12.4. The van der Waals surface area contributed by atoms with Gasteiger partial charge in [0.2, 0.25) is 0 Å². The Morgan fingerprint density at radius 3 is 2.58 bits per heavy atom. The summed E-state index contributed by atoms with van der Waals surface area (Å²) in [6.07, 6.45) is 0.489. The van der Waals surface area contributed by atoms with Crippen LogP contribution in [0.4, 0.5) is 0 Å². The first kappa shape index (κ1) is 14.0. The van der Waals surface area contributed by atoms with E-state index in [4.69, 9.17) is 0 Å². The number of carbonyl (C=O) groups excluding carboxylic acids is 1. The zero-order valence-corrected chi connectivity index (χ0v) is 11.4. The Bertz CT molecular complexity index is 438. The fraction of sp³-hybridized carbons (Fsp3) is 0.533.